The predicted molar refractivity (Wildman–Crippen MR) is 90.5 cm³/mol. The number of carboxylic acids is 1. The smallest absolute Gasteiger partial charge is 0.306 e. The minimum absolute atomic E-state index is 0.0481. The van der Waals surface area contributed by atoms with Crippen LogP contribution in [-0.2, 0) is 16.0 Å². The monoisotopic (exact) mass is 337 g/mol. The molecule has 23 heavy (non-hydrogen) atoms. The van der Waals surface area contributed by atoms with Crippen molar-refractivity contribution in [2.45, 2.75) is 51.5 Å². The number of amides is 1. The molecular weight excluding hydrogens is 314 g/mol. The van der Waals surface area contributed by atoms with Gasteiger partial charge in [0, 0.05) is 16.5 Å². The van der Waals surface area contributed by atoms with E-state index in [4.69, 9.17) is 16.7 Å². The lowest BCUT2D eigenvalue weighted by Gasteiger charge is -2.32. The van der Waals surface area contributed by atoms with Crippen LogP contribution in [0.3, 0.4) is 0 Å². The number of carbonyl (C=O) groups is 2. The third kappa shape index (κ3) is 4.96. The van der Waals surface area contributed by atoms with Crippen molar-refractivity contribution < 1.29 is 14.7 Å². The van der Waals surface area contributed by atoms with E-state index < -0.39 is 17.4 Å². The lowest BCUT2D eigenvalue weighted by Crippen LogP contribution is -2.48. The quantitative estimate of drug-likeness (QED) is 0.861. The Hall–Kier alpha value is -1.55. The molecule has 0 heterocycles. The largest absolute Gasteiger partial charge is 0.481 e. The fraction of sp³-hybridized carbons (Fsp3) is 0.556. The van der Waals surface area contributed by atoms with E-state index in [0.29, 0.717) is 24.3 Å². The summed E-state index contributed by atoms with van der Waals surface area (Å²) in [5.74, 6) is -1.45. The Morgan fingerprint density at radius 3 is 2.57 bits per heavy atom. The van der Waals surface area contributed by atoms with Crippen LogP contribution in [0.25, 0.3) is 0 Å². The molecule has 1 aromatic carbocycles. The molecular formula is C18H24ClNO3. The van der Waals surface area contributed by atoms with Gasteiger partial charge < -0.3 is 10.4 Å². The first-order valence-corrected chi connectivity index (χ1v) is 8.44. The standard InChI is InChI=1S/C18H24ClNO3/c1-18(2,11-14-6-3-4-9-15(14)19)20-16(21)12-7-5-8-13(10-12)17(22)23/h3-4,6,9,12-13H,5,7-8,10-11H2,1-2H3,(H,20,21)(H,22,23). The van der Waals surface area contributed by atoms with Crippen molar-refractivity contribution in [3.63, 3.8) is 0 Å². The Balaban J connectivity index is 1.98. The molecule has 2 atom stereocenters. The van der Waals surface area contributed by atoms with E-state index in [1.165, 1.54) is 0 Å². The minimum atomic E-state index is -0.794. The molecule has 2 N–H and O–H groups in total. The first-order chi connectivity index (χ1) is 10.8. The Kier molecular flexibility index (Phi) is 5.69. The first-order valence-electron chi connectivity index (χ1n) is 8.07. The van der Waals surface area contributed by atoms with E-state index in [0.717, 1.165) is 18.4 Å². The van der Waals surface area contributed by atoms with Crippen LogP contribution in [0.4, 0.5) is 0 Å². The third-order valence-corrected chi connectivity index (χ3v) is 4.81. The molecule has 1 saturated carbocycles. The molecule has 1 aromatic rings. The van der Waals surface area contributed by atoms with E-state index in [1.54, 1.807) is 0 Å². The van der Waals surface area contributed by atoms with Crippen molar-refractivity contribution in [1.29, 1.82) is 0 Å². The molecule has 0 spiro atoms. The van der Waals surface area contributed by atoms with Crippen LogP contribution in [-0.4, -0.2) is 22.5 Å². The number of carbonyl (C=O) groups excluding carboxylic acids is 1. The Morgan fingerprint density at radius 1 is 1.26 bits per heavy atom. The molecule has 0 aliphatic heterocycles. The molecule has 2 unspecified atom stereocenters. The number of halogens is 1. The highest BCUT2D eigenvalue weighted by atomic mass is 35.5. The van der Waals surface area contributed by atoms with Crippen molar-refractivity contribution in [3.8, 4) is 0 Å². The topological polar surface area (TPSA) is 66.4 Å². The van der Waals surface area contributed by atoms with Crippen LogP contribution in [0.2, 0.25) is 5.02 Å². The van der Waals surface area contributed by atoms with Gasteiger partial charge in [-0.15, -0.1) is 0 Å². The lowest BCUT2D eigenvalue weighted by molar-refractivity contribution is -0.144. The van der Waals surface area contributed by atoms with Gasteiger partial charge in [-0.3, -0.25) is 9.59 Å². The second-order valence-electron chi connectivity index (χ2n) is 7.04. The summed E-state index contributed by atoms with van der Waals surface area (Å²) in [7, 11) is 0. The fourth-order valence-electron chi connectivity index (χ4n) is 3.25. The van der Waals surface area contributed by atoms with Gasteiger partial charge in [0.25, 0.3) is 0 Å². The van der Waals surface area contributed by atoms with Crippen LogP contribution in [0.1, 0.15) is 45.1 Å². The average molecular weight is 338 g/mol. The molecule has 1 aliphatic rings. The maximum Gasteiger partial charge on any atom is 0.306 e. The van der Waals surface area contributed by atoms with Gasteiger partial charge in [0.1, 0.15) is 0 Å². The third-order valence-electron chi connectivity index (χ3n) is 4.45. The van der Waals surface area contributed by atoms with Crippen LogP contribution in [0, 0.1) is 11.8 Å². The van der Waals surface area contributed by atoms with Crippen molar-refractivity contribution in [3.05, 3.63) is 34.9 Å². The number of hydrogen-bond acceptors (Lipinski definition) is 2. The van der Waals surface area contributed by atoms with Crippen LogP contribution in [0.15, 0.2) is 24.3 Å². The van der Waals surface area contributed by atoms with E-state index in [-0.39, 0.29) is 11.8 Å². The van der Waals surface area contributed by atoms with E-state index >= 15 is 0 Å². The summed E-state index contributed by atoms with van der Waals surface area (Å²) >= 11 is 6.19. The summed E-state index contributed by atoms with van der Waals surface area (Å²) < 4.78 is 0. The number of benzene rings is 1. The molecule has 2 rings (SSSR count). The molecule has 0 bridgehead atoms. The Labute approximate surface area is 142 Å². The second-order valence-corrected chi connectivity index (χ2v) is 7.45. The molecule has 0 aromatic heterocycles. The minimum Gasteiger partial charge on any atom is -0.481 e. The van der Waals surface area contributed by atoms with Crippen LogP contribution < -0.4 is 5.32 Å². The highest BCUT2D eigenvalue weighted by molar-refractivity contribution is 6.31. The summed E-state index contributed by atoms with van der Waals surface area (Å²) in [6.07, 6.45) is 3.29. The van der Waals surface area contributed by atoms with Gasteiger partial charge >= 0.3 is 5.97 Å². The number of aliphatic carboxylic acids is 1. The van der Waals surface area contributed by atoms with Gasteiger partial charge in [-0.2, -0.15) is 0 Å². The van der Waals surface area contributed by atoms with Crippen molar-refractivity contribution in [1.82, 2.24) is 5.32 Å². The Morgan fingerprint density at radius 2 is 1.91 bits per heavy atom. The van der Waals surface area contributed by atoms with E-state index in [9.17, 15) is 9.59 Å². The number of carboxylic acid groups (broad SMARTS) is 1. The highest BCUT2D eigenvalue weighted by Crippen LogP contribution is 2.30. The number of rotatable bonds is 5. The average Bonchev–Trinajstić information content (AvgIpc) is 2.49. The van der Waals surface area contributed by atoms with Gasteiger partial charge in [0.05, 0.1) is 5.92 Å². The zero-order valence-electron chi connectivity index (χ0n) is 13.6. The highest BCUT2D eigenvalue weighted by Gasteiger charge is 2.33. The molecule has 0 radical (unpaired) electrons. The Bertz CT molecular complexity index is 585. The molecule has 1 fully saturated rings. The molecule has 0 saturated heterocycles. The van der Waals surface area contributed by atoms with Crippen molar-refractivity contribution in [2.24, 2.45) is 11.8 Å². The molecule has 5 heteroatoms. The summed E-state index contributed by atoms with van der Waals surface area (Å²) in [6, 6.07) is 7.61. The zero-order valence-corrected chi connectivity index (χ0v) is 14.4. The molecule has 1 aliphatic carbocycles. The predicted octanol–water partition coefficient (Wildman–Crippen LogP) is 3.67. The van der Waals surface area contributed by atoms with Crippen LogP contribution in [0.5, 0.6) is 0 Å². The second kappa shape index (κ2) is 7.35. The van der Waals surface area contributed by atoms with Crippen molar-refractivity contribution >= 4 is 23.5 Å². The van der Waals surface area contributed by atoms with Gasteiger partial charge in [0.2, 0.25) is 5.91 Å². The number of hydrogen-bond donors (Lipinski definition) is 2. The number of nitrogens with one attached hydrogen (secondary N) is 1. The summed E-state index contributed by atoms with van der Waals surface area (Å²) in [6.45, 7) is 3.93. The molecule has 4 nitrogen and oxygen atoms in total. The van der Waals surface area contributed by atoms with Gasteiger partial charge in [-0.05, 0) is 51.2 Å². The lowest BCUT2D eigenvalue weighted by atomic mass is 9.80. The fourth-order valence-corrected chi connectivity index (χ4v) is 3.45. The maximum absolute atomic E-state index is 12.5. The molecule has 1 amide bonds. The van der Waals surface area contributed by atoms with E-state index in [1.807, 2.05) is 38.1 Å². The summed E-state index contributed by atoms with van der Waals surface area (Å²) in [4.78, 5) is 23.7. The van der Waals surface area contributed by atoms with Crippen LogP contribution >= 0.6 is 11.6 Å². The normalized spacial score (nSPS) is 21.7. The first kappa shape index (κ1) is 17.8. The molecule has 126 valence electrons. The van der Waals surface area contributed by atoms with Gasteiger partial charge in [-0.25, -0.2) is 0 Å². The summed E-state index contributed by atoms with van der Waals surface area (Å²) in [5, 5.41) is 12.9. The maximum atomic E-state index is 12.5. The van der Waals surface area contributed by atoms with E-state index in [2.05, 4.69) is 5.32 Å². The van der Waals surface area contributed by atoms with Gasteiger partial charge in [0.15, 0.2) is 0 Å². The SMILES string of the molecule is CC(C)(Cc1ccccc1Cl)NC(=O)C1CCCC(C(=O)O)C1. The zero-order chi connectivity index (χ0) is 17.0. The van der Waals surface area contributed by atoms with Crippen molar-refractivity contribution in [2.75, 3.05) is 0 Å². The summed E-state index contributed by atoms with van der Waals surface area (Å²) in [5.41, 5.74) is 0.560. The van der Waals surface area contributed by atoms with Gasteiger partial charge in [-0.1, -0.05) is 36.2 Å².